The lowest BCUT2D eigenvalue weighted by Gasteiger charge is -2.35. The number of anilines is 3. The van der Waals surface area contributed by atoms with Crippen LogP contribution in [-0.4, -0.2) is 183 Å². The van der Waals surface area contributed by atoms with Crippen molar-refractivity contribution in [1.82, 2.24) is 51.1 Å². The van der Waals surface area contributed by atoms with Gasteiger partial charge in [0.05, 0.1) is 93.5 Å². The van der Waals surface area contributed by atoms with E-state index in [1.54, 1.807) is 47.3 Å². The average Bonchev–Trinajstić information content (AvgIpc) is 2.19. The number of hydrogen-bond donors (Lipinski definition) is 9. The third-order valence-corrected chi connectivity index (χ3v) is 15.0. The number of rotatable bonds is 37. The third kappa shape index (κ3) is 22.3. The van der Waals surface area contributed by atoms with Crippen LogP contribution in [0.4, 0.5) is 17.5 Å². The predicted octanol–water partition coefficient (Wildman–Crippen LogP) is 3.40. The summed E-state index contributed by atoms with van der Waals surface area (Å²) in [4.78, 5) is 114. The van der Waals surface area contributed by atoms with Crippen molar-refractivity contribution >= 4 is 81.4 Å². The van der Waals surface area contributed by atoms with E-state index in [9.17, 15) is 43.8 Å². The standard InChI is InChI=1S/C59H81N13O14S/c1-37-50(87-36-65-37)39-11-9-38(10-12-39)32-64-55(79)45-31-43(73)35-72(45)56(80)51(59(2,3)4)68-47(75)20-24-84-26-28-86-30-29-85-27-25-83-23-19-46(74)62-21-7-5-6-8-22-71(34-41-33-63-53-49(66-41)52(60)69-58(61)70-53)42-15-13-40(14-16-42)54(78)67-44(57(81)82)17-18-48(76)77/h9-16,33,36,43-45,51,73H,5-8,17-32,34-35H2,1-4H3,(H,62,74)(H,64,79)(H,67,78)(H,68,75)(H,76,77)(H,81,82)(H4,60,61,63,69,70)/t43-,44?,45+,51?/m1/s1. The molecule has 2 aromatic carbocycles. The van der Waals surface area contributed by atoms with E-state index < -0.39 is 65.7 Å². The van der Waals surface area contributed by atoms with Crippen molar-refractivity contribution in [3.63, 3.8) is 0 Å². The van der Waals surface area contributed by atoms with Crippen molar-refractivity contribution in [2.24, 2.45) is 5.41 Å². The number of benzene rings is 2. The van der Waals surface area contributed by atoms with Crippen molar-refractivity contribution < 1.29 is 67.8 Å². The average molecular weight is 1230 g/mol. The molecule has 87 heavy (non-hydrogen) atoms. The predicted molar refractivity (Wildman–Crippen MR) is 323 cm³/mol. The molecule has 4 heterocycles. The Morgan fingerprint density at radius 1 is 0.770 bits per heavy atom. The Labute approximate surface area is 508 Å². The first-order valence-electron chi connectivity index (χ1n) is 28.9. The van der Waals surface area contributed by atoms with Gasteiger partial charge in [0, 0.05) is 63.1 Å². The Kier molecular flexibility index (Phi) is 26.9. The molecule has 5 amide bonds. The van der Waals surface area contributed by atoms with Gasteiger partial charge in [0.25, 0.3) is 5.91 Å². The maximum absolute atomic E-state index is 14.0. The van der Waals surface area contributed by atoms with Crippen LogP contribution < -0.4 is 37.6 Å². The fourth-order valence-corrected chi connectivity index (χ4v) is 10.2. The molecule has 0 spiro atoms. The number of aliphatic carboxylic acids is 2. The zero-order valence-electron chi connectivity index (χ0n) is 49.7. The molecule has 1 saturated heterocycles. The van der Waals surface area contributed by atoms with E-state index in [1.807, 2.05) is 56.9 Å². The van der Waals surface area contributed by atoms with Crippen molar-refractivity contribution in [3.8, 4) is 10.4 Å². The normalized spacial score (nSPS) is 14.7. The first kappa shape index (κ1) is 68.1. The third-order valence-electron chi connectivity index (χ3n) is 14.1. The molecule has 4 atom stereocenters. The van der Waals surface area contributed by atoms with Crippen LogP contribution in [0.5, 0.6) is 0 Å². The minimum absolute atomic E-state index is 0.00610. The van der Waals surface area contributed by atoms with Gasteiger partial charge in [-0.2, -0.15) is 9.97 Å². The zero-order valence-corrected chi connectivity index (χ0v) is 50.5. The highest BCUT2D eigenvalue weighted by molar-refractivity contribution is 7.13. The number of hydrogen-bond acceptors (Lipinski definition) is 21. The number of carbonyl (C=O) groups excluding carboxylic acids is 5. The molecule has 5 aromatic rings. The number of carbonyl (C=O) groups is 7. The van der Waals surface area contributed by atoms with Gasteiger partial charge in [-0.3, -0.25) is 28.8 Å². The molecule has 1 fully saturated rings. The molecule has 27 nitrogen and oxygen atoms in total. The fraction of sp³-hybridized carbons (Fsp3) is 0.525. The SMILES string of the molecule is Cc1ncsc1-c1ccc(CNC(=O)[C@@H]2C[C@@H](O)CN2C(=O)C(NC(=O)CCOCCOCCOCCOCCC(=O)NCCCCCCN(Cc2cnc3nc(N)nc(N)c3n2)c2ccc(C(=O)NC(CCC(=O)O)C(=O)O)cc2)C(C)(C)C)cc1. The summed E-state index contributed by atoms with van der Waals surface area (Å²) in [6, 6.07) is 11.2. The van der Waals surface area contributed by atoms with Crippen LogP contribution in [0.2, 0.25) is 0 Å². The van der Waals surface area contributed by atoms with Crippen LogP contribution in [0.15, 0.2) is 60.2 Å². The highest BCUT2D eigenvalue weighted by atomic mass is 32.1. The van der Waals surface area contributed by atoms with Gasteiger partial charge in [-0.15, -0.1) is 11.3 Å². The van der Waals surface area contributed by atoms with Gasteiger partial charge in [0.15, 0.2) is 17.0 Å². The first-order chi connectivity index (χ1) is 41.7. The number of ether oxygens (including phenoxy) is 4. The number of amides is 5. The van der Waals surface area contributed by atoms with Gasteiger partial charge in [-0.05, 0) is 67.0 Å². The second-order valence-corrected chi connectivity index (χ2v) is 22.8. The summed E-state index contributed by atoms with van der Waals surface area (Å²) in [5.41, 5.74) is 17.8. The van der Waals surface area contributed by atoms with E-state index in [4.69, 9.17) is 35.5 Å². The molecular weight excluding hydrogens is 1150 g/mol. The van der Waals surface area contributed by atoms with Crippen LogP contribution in [0, 0.1) is 12.3 Å². The van der Waals surface area contributed by atoms with Gasteiger partial charge in [-0.25, -0.2) is 19.7 Å². The molecule has 28 heteroatoms. The fourth-order valence-electron chi connectivity index (χ4n) is 9.35. The van der Waals surface area contributed by atoms with Crippen molar-refractivity contribution in [2.45, 2.75) is 123 Å². The number of thiazole rings is 1. The highest BCUT2D eigenvalue weighted by Gasteiger charge is 2.44. The lowest BCUT2D eigenvalue weighted by Crippen LogP contribution is -2.57. The molecule has 0 aliphatic carbocycles. The number of nitrogens with zero attached hydrogens (tertiary/aromatic N) is 7. The monoisotopic (exact) mass is 1230 g/mol. The summed E-state index contributed by atoms with van der Waals surface area (Å²) in [6.45, 7) is 11.1. The minimum Gasteiger partial charge on any atom is -0.481 e. The number of aryl methyl sites for hydroxylation is 1. The van der Waals surface area contributed by atoms with Gasteiger partial charge in [0.2, 0.25) is 29.6 Å². The van der Waals surface area contributed by atoms with Crippen LogP contribution in [0.3, 0.4) is 0 Å². The lowest BCUT2D eigenvalue weighted by molar-refractivity contribution is -0.144. The Morgan fingerprint density at radius 3 is 2.03 bits per heavy atom. The molecular formula is C59H81N13O14S. The van der Waals surface area contributed by atoms with Crippen LogP contribution >= 0.6 is 11.3 Å². The second kappa shape index (κ2) is 34.4. The molecule has 0 bridgehead atoms. The smallest absolute Gasteiger partial charge is 0.326 e. The van der Waals surface area contributed by atoms with Gasteiger partial charge >= 0.3 is 11.9 Å². The largest absolute Gasteiger partial charge is 0.481 e. The summed E-state index contributed by atoms with van der Waals surface area (Å²) in [7, 11) is 0. The quantitative estimate of drug-likeness (QED) is 0.0257. The second-order valence-electron chi connectivity index (χ2n) is 21.9. The van der Waals surface area contributed by atoms with Gasteiger partial charge in [0.1, 0.15) is 18.1 Å². The molecule has 6 rings (SSSR count). The molecule has 2 unspecified atom stereocenters. The Bertz CT molecular complexity index is 3070. The zero-order chi connectivity index (χ0) is 62.9. The number of nitrogens with two attached hydrogens (primary N) is 2. The maximum Gasteiger partial charge on any atom is 0.326 e. The topological polar surface area (TPSA) is 388 Å². The van der Waals surface area contributed by atoms with Crippen LogP contribution in [0.1, 0.15) is 106 Å². The van der Waals surface area contributed by atoms with E-state index >= 15 is 0 Å². The Hall–Kier alpha value is -8.02. The number of carboxylic acids is 2. The molecule has 3 aromatic heterocycles. The number of aromatic nitrogens is 5. The molecule has 472 valence electrons. The minimum atomic E-state index is -1.37. The summed E-state index contributed by atoms with van der Waals surface area (Å²) in [6.07, 6.45) is 3.46. The number of fused-ring (bicyclic) bond motifs is 1. The van der Waals surface area contributed by atoms with Crippen molar-refractivity contribution in [2.75, 3.05) is 88.9 Å². The molecule has 1 aliphatic heterocycles. The summed E-state index contributed by atoms with van der Waals surface area (Å²) >= 11 is 1.56. The van der Waals surface area contributed by atoms with E-state index in [1.165, 1.54) is 4.90 Å². The van der Waals surface area contributed by atoms with Gasteiger partial charge < -0.3 is 76.8 Å². The number of unbranched alkanes of at least 4 members (excludes halogenated alkanes) is 3. The number of nitrogens with one attached hydrogen (secondary N) is 4. The molecule has 0 radical (unpaired) electrons. The van der Waals surface area contributed by atoms with E-state index in [-0.39, 0.29) is 100.0 Å². The summed E-state index contributed by atoms with van der Waals surface area (Å²) in [5.74, 6) is -4.46. The first-order valence-corrected chi connectivity index (χ1v) is 29.8. The number of likely N-dealkylation sites (tertiary alicyclic amines) is 1. The summed E-state index contributed by atoms with van der Waals surface area (Å²) < 4.78 is 22.3. The van der Waals surface area contributed by atoms with E-state index in [0.717, 1.165) is 53.1 Å². The van der Waals surface area contributed by atoms with Crippen molar-refractivity contribution in [1.29, 1.82) is 0 Å². The number of nitrogen functional groups attached to an aromatic ring is 2. The molecule has 0 saturated carbocycles. The van der Waals surface area contributed by atoms with Gasteiger partial charge in [-0.1, -0.05) is 57.9 Å². The Balaban J connectivity index is 0.787. The van der Waals surface area contributed by atoms with Crippen LogP contribution in [-0.2, 0) is 60.8 Å². The van der Waals surface area contributed by atoms with E-state index in [2.05, 4.69) is 46.2 Å². The van der Waals surface area contributed by atoms with Crippen LogP contribution in [0.25, 0.3) is 21.6 Å². The maximum atomic E-state index is 14.0. The number of aliphatic hydroxyl groups is 1. The lowest BCUT2D eigenvalue weighted by atomic mass is 9.85. The summed E-state index contributed by atoms with van der Waals surface area (Å²) in [5, 5.41) is 40.1. The number of β-amino-alcohol motifs (C(OH)–C–C–N with tert-alkyl or cyclic N) is 1. The van der Waals surface area contributed by atoms with Crippen molar-refractivity contribution in [3.05, 3.63) is 82.8 Å². The highest BCUT2D eigenvalue weighted by Crippen LogP contribution is 2.29. The Morgan fingerprint density at radius 2 is 1.41 bits per heavy atom. The number of aliphatic hydroxyl groups excluding tert-OH is 1. The molecule has 11 N–H and O–H groups in total. The molecule has 1 aliphatic rings. The van der Waals surface area contributed by atoms with E-state index in [0.29, 0.717) is 57.3 Å². The number of carboxylic acid groups (broad SMARTS) is 2.